The Morgan fingerprint density at radius 2 is 1.61 bits per heavy atom. The van der Waals surface area contributed by atoms with Crippen molar-refractivity contribution < 1.29 is 19.5 Å². The van der Waals surface area contributed by atoms with Crippen LogP contribution >= 0.6 is 0 Å². The van der Waals surface area contributed by atoms with Gasteiger partial charge in [0.2, 0.25) is 5.91 Å². The van der Waals surface area contributed by atoms with Crippen LogP contribution in [0.25, 0.3) is 0 Å². The number of hydrogen-bond acceptors (Lipinski definition) is 4. The smallest absolute Gasteiger partial charge is 0.224 e. The molecule has 1 aliphatic carbocycles. The van der Waals surface area contributed by atoms with Gasteiger partial charge in [0.05, 0.1) is 6.54 Å². The molecule has 0 heterocycles. The van der Waals surface area contributed by atoms with E-state index in [0.717, 1.165) is 11.1 Å². The molecular weight excluding hydrogens is 294 g/mol. The lowest BCUT2D eigenvalue weighted by Crippen LogP contribution is -2.45. The Hall–Kier alpha value is -2.43. The van der Waals surface area contributed by atoms with Crippen LogP contribution in [0.1, 0.15) is 37.0 Å². The van der Waals surface area contributed by atoms with Gasteiger partial charge in [-0.2, -0.15) is 0 Å². The molecule has 1 aromatic carbocycles. The minimum Gasteiger partial charge on any atom is -0.550 e. The second-order valence-electron chi connectivity index (χ2n) is 6.01. The fraction of sp³-hybridized carbons (Fsp3) is 0.389. The fourth-order valence-electron chi connectivity index (χ4n) is 2.84. The van der Waals surface area contributed by atoms with Gasteiger partial charge in [0.25, 0.3) is 0 Å². The van der Waals surface area contributed by atoms with E-state index in [9.17, 15) is 19.5 Å². The van der Waals surface area contributed by atoms with Gasteiger partial charge in [-0.1, -0.05) is 41.5 Å². The predicted molar refractivity (Wildman–Crippen MR) is 83.4 cm³/mol. The fourth-order valence-corrected chi connectivity index (χ4v) is 2.84. The molecule has 1 amide bonds. The Labute approximate surface area is 135 Å². The minimum absolute atomic E-state index is 0.138. The topological polar surface area (TPSA) is 86.3 Å². The summed E-state index contributed by atoms with van der Waals surface area (Å²) in [4.78, 5) is 35.6. The third-order valence-corrected chi connectivity index (χ3v) is 4.42. The van der Waals surface area contributed by atoms with Crippen LogP contribution in [0.2, 0.25) is 0 Å². The molecule has 0 bridgehead atoms. The summed E-state index contributed by atoms with van der Waals surface area (Å²) in [5, 5.41) is 13.9. The standard InChI is InChI=1S/C18H21NO4/c1-11-8-14(15(18(22)23)9-12(11)2)17(21)19-10-16(20)13-6-4-3-5-7-13/h3-7,14-15H,8-10H2,1-2H3,(H,19,21)(H,22,23)/p-1/t14-,15+/m0/s1. The first-order chi connectivity index (χ1) is 10.9. The van der Waals surface area contributed by atoms with E-state index in [0.29, 0.717) is 18.4 Å². The highest BCUT2D eigenvalue weighted by atomic mass is 16.4. The molecule has 122 valence electrons. The first kappa shape index (κ1) is 16.9. The van der Waals surface area contributed by atoms with Crippen molar-refractivity contribution >= 4 is 17.7 Å². The quantitative estimate of drug-likeness (QED) is 0.651. The van der Waals surface area contributed by atoms with E-state index in [1.807, 2.05) is 13.8 Å². The molecule has 2 atom stereocenters. The molecule has 0 aromatic heterocycles. The Morgan fingerprint density at radius 1 is 1.04 bits per heavy atom. The van der Waals surface area contributed by atoms with Gasteiger partial charge in [-0.05, 0) is 26.7 Å². The first-order valence-electron chi connectivity index (χ1n) is 7.62. The molecule has 0 fully saturated rings. The normalized spacial score (nSPS) is 21.0. The van der Waals surface area contributed by atoms with Crippen LogP contribution in [0.4, 0.5) is 0 Å². The predicted octanol–water partition coefficient (Wildman–Crippen LogP) is 1.10. The van der Waals surface area contributed by atoms with Gasteiger partial charge >= 0.3 is 0 Å². The van der Waals surface area contributed by atoms with E-state index >= 15 is 0 Å². The van der Waals surface area contributed by atoms with Gasteiger partial charge in [0.1, 0.15) is 0 Å². The molecule has 0 saturated heterocycles. The summed E-state index contributed by atoms with van der Waals surface area (Å²) in [6.45, 7) is 3.63. The summed E-state index contributed by atoms with van der Waals surface area (Å²) in [7, 11) is 0. The lowest BCUT2D eigenvalue weighted by Gasteiger charge is -2.32. The molecule has 0 spiro atoms. The number of allylic oxidation sites excluding steroid dienone is 2. The van der Waals surface area contributed by atoms with Crippen LogP contribution in [-0.2, 0) is 9.59 Å². The Morgan fingerprint density at radius 3 is 2.17 bits per heavy atom. The number of rotatable bonds is 5. The third kappa shape index (κ3) is 4.06. The molecule has 5 nitrogen and oxygen atoms in total. The summed E-state index contributed by atoms with van der Waals surface area (Å²) in [5.74, 6) is -3.36. The summed E-state index contributed by atoms with van der Waals surface area (Å²) in [6.07, 6.45) is 0.703. The van der Waals surface area contributed by atoms with Gasteiger partial charge in [-0.25, -0.2) is 0 Å². The molecule has 0 aliphatic heterocycles. The van der Waals surface area contributed by atoms with Crippen molar-refractivity contribution in [3.8, 4) is 0 Å². The van der Waals surface area contributed by atoms with Crippen molar-refractivity contribution in [2.75, 3.05) is 6.54 Å². The monoisotopic (exact) mass is 314 g/mol. The number of nitrogens with one attached hydrogen (secondary N) is 1. The van der Waals surface area contributed by atoms with Gasteiger partial charge in [0.15, 0.2) is 5.78 Å². The molecular formula is C18H20NO4-. The second kappa shape index (κ2) is 7.22. The molecule has 0 unspecified atom stereocenters. The number of benzene rings is 1. The molecule has 1 N–H and O–H groups in total. The van der Waals surface area contributed by atoms with E-state index < -0.39 is 23.7 Å². The van der Waals surface area contributed by atoms with Gasteiger partial charge in [0, 0.05) is 23.4 Å². The lowest BCUT2D eigenvalue weighted by atomic mass is 9.76. The zero-order chi connectivity index (χ0) is 17.0. The van der Waals surface area contributed by atoms with Crippen molar-refractivity contribution in [1.82, 2.24) is 5.32 Å². The van der Waals surface area contributed by atoms with Crippen LogP contribution in [0.5, 0.6) is 0 Å². The van der Waals surface area contributed by atoms with Crippen LogP contribution < -0.4 is 10.4 Å². The maximum Gasteiger partial charge on any atom is 0.224 e. The highest BCUT2D eigenvalue weighted by Gasteiger charge is 2.33. The van der Waals surface area contributed by atoms with E-state index in [4.69, 9.17) is 0 Å². The van der Waals surface area contributed by atoms with Crippen LogP contribution in [-0.4, -0.2) is 24.2 Å². The SMILES string of the molecule is CC1=C(C)C[C@@H](C(=O)[O-])[C@@H](C(=O)NCC(=O)c2ccccc2)C1. The number of carbonyl (C=O) groups is 3. The number of carboxylic acid groups (broad SMARTS) is 1. The van der Waals surface area contributed by atoms with Crippen LogP contribution in [0.15, 0.2) is 41.5 Å². The van der Waals surface area contributed by atoms with Crippen molar-refractivity contribution in [1.29, 1.82) is 0 Å². The van der Waals surface area contributed by atoms with E-state index in [-0.39, 0.29) is 12.3 Å². The Kier molecular flexibility index (Phi) is 5.32. The zero-order valence-corrected chi connectivity index (χ0v) is 13.3. The molecule has 2 rings (SSSR count). The van der Waals surface area contributed by atoms with Crippen molar-refractivity contribution in [3.05, 3.63) is 47.0 Å². The van der Waals surface area contributed by atoms with Gasteiger partial charge in [-0.3, -0.25) is 9.59 Å². The molecule has 1 aromatic rings. The summed E-state index contributed by atoms with van der Waals surface area (Å²) in [6, 6.07) is 8.66. The number of amides is 1. The number of hydrogen-bond donors (Lipinski definition) is 1. The molecule has 1 aliphatic rings. The molecule has 0 saturated carbocycles. The average molecular weight is 314 g/mol. The van der Waals surface area contributed by atoms with Gasteiger partial charge < -0.3 is 15.2 Å². The first-order valence-corrected chi connectivity index (χ1v) is 7.62. The van der Waals surface area contributed by atoms with Crippen molar-refractivity contribution in [2.45, 2.75) is 26.7 Å². The summed E-state index contributed by atoms with van der Waals surface area (Å²) in [5.41, 5.74) is 2.53. The molecule has 23 heavy (non-hydrogen) atoms. The highest BCUT2D eigenvalue weighted by Crippen LogP contribution is 2.33. The van der Waals surface area contributed by atoms with Crippen molar-refractivity contribution in [3.63, 3.8) is 0 Å². The number of carbonyl (C=O) groups excluding carboxylic acids is 3. The third-order valence-electron chi connectivity index (χ3n) is 4.42. The zero-order valence-electron chi connectivity index (χ0n) is 13.3. The summed E-state index contributed by atoms with van der Waals surface area (Å²) < 4.78 is 0. The Balaban J connectivity index is 2.02. The number of ketones is 1. The molecule has 0 radical (unpaired) electrons. The maximum absolute atomic E-state index is 12.3. The minimum atomic E-state index is -1.22. The van der Waals surface area contributed by atoms with E-state index in [1.54, 1.807) is 30.3 Å². The van der Waals surface area contributed by atoms with Crippen LogP contribution in [0.3, 0.4) is 0 Å². The number of carboxylic acids is 1. The van der Waals surface area contributed by atoms with E-state index in [1.165, 1.54) is 0 Å². The maximum atomic E-state index is 12.3. The second-order valence-corrected chi connectivity index (χ2v) is 6.01. The average Bonchev–Trinajstić information content (AvgIpc) is 2.55. The lowest BCUT2D eigenvalue weighted by molar-refractivity contribution is -0.313. The van der Waals surface area contributed by atoms with Crippen LogP contribution in [0, 0.1) is 11.8 Å². The van der Waals surface area contributed by atoms with Crippen molar-refractivity contribution in [2.24, 2.45) is 11.8 Å². The highest BCUT2D eigenvalue weighted by molar-refractivity contribution is 5.99. The van der Waals surface area contributed by atoms with E-state index in [2.05, 4.69) is 5.32 Å². The number of Topliss-reactive ketones (excluding diaryl/α,β-unsaturated/α-hetero) is 1. The van der Waals surface area contributed by atoms with Gasteiger partial charge in [-0.15, -0.1) is 0 Å². The number of aliphatic carboxylic acids is 1. The molecule has 5 heteroatoms. The Bertz CT molecular complexity index is 648. The largest absolute Gasteiger partial charge is 0.550 e. The summed E-state index contributed by atoms with van der Waals surface area (Å²) >= 11 is 0.